The molecule has 5 heteroatoms. The molecule has 94 valence electrons. The van der Waals surface area contributed by atoms with E-state index >= 15 is 0 Å². The van der Waals surface area contributed by atoms with E-state index in [1.54, 1.807) is 4.90 Å². The van der Waals surface area contributed by atoms with Crippen LogP contribution in [0.3, 0.4) is 0 Å². The molecule has 0 spiro atoms. The molecule has 0 aliphatic carbocycles. The Balaban J connectivity index is 1.91. The van der Waals surface area contributed by atoms with Gasteiger partial charge in [-0.3, -0.25) is 9.48 Å². The average molecular weight is 236 g/mol. The highest BCUT2D eigenvalue weighted by atomic mass is 16.2. The van der Waals surface area contributed by atoms with Crippen molar-refractivity contribution in [3.8, 4) is 0 Å². The summed E-state index contributed by atoms with van der Waals surface area (Å²) < 4.78 is 1.81. The molecule has 0 bridgehead atoms. The van der Waals surface area contributed by atoms with Gasteiger partial charge >= 0.3 is 0 Å². The molecule has 1 N–H and O–H groups in total. The van der Waals surface area contributed by atoms with Gasteiger partial charge < -0.3 is 10.2 Å². The Labute approximate surface area is 102 Å². The van der Waals surface area contributed by atoms with E-state index in [1.807, 2.05) is 31.2 Å². The van der Waals surface area contributed by atoms with Gasteiger partial charge in [0.15, 0.2) is 0 Å². The maximum atomic E-state index is 11.4. The Morgan fingerprint density at radius 2 is 2.29 bits per heavy atom. The van der Waals surface area contributed by atoms with Crippen molar-refractivity contribution >= 4 is 5.91 Å². The van der Waals surface area contributed by atoms with E-state index in [-0.39, 0.29) is 11.9 Å². The van der Waals surface area contributed by atoms with E-state index in [2.05, 4.69) is 17.3 Å². The van der Waals surface area contributed by atoms with Crippen LogP contribution in [0.15, 0.2) is 12.4 Å². The topological polar surface area (TPSA) is 50.2 Å². The fourth-order valence-corrected chi connectivity index (χ4v) is 2.26. The highest BCUT2D eigenvalue weighted by molar-refractivity contribution is 5.76. The van der Waals surface area contributed by atoms with Gasteiger partial charge in [0, 0.05) is 50.9 Å². The lowest BCUT2D eigenvalue weighted by molar-refractivity contribution is -0.132. The zero-order valence-corrected chi connectivity index (χ0v) is 10.7. The maximum Gasteiger partial charge on any atom is 0.222 e. The van der Waals surface area contributed by atoms with Crippen LogP contribution in [0.2, 0.25) is 0 Å². The summed E-state index contributed by atoms with van der Waals surface area (Å²) in [6, 6.07) is 0.656. The predicted molar refractivity (Wildman–Crippen MR) is 65.4 cm³/mol. The number of piperidine rings is 1. The molecule has 1 aliphatic rings. The third-order valence-electron chi connectivity index (χ3n) is 3.34. The number of carbonyl (C=O) groups is 1. The molecule has 1 aromatic heterocycles. The zero-order valence-electron chi connectivity index (χ0n) is 10.7. The summed E-state index contributed by atoms with van der Waals surface area (Å²) >= 11 is 0. The Hall–Kier alpha value is -1.36. The molecule has 1 amide bonds. The van der Waals surface area contributed by atoms with Gasteiger partial charge in [-0.2, -0.15) is 5.10 Å². The van der Waals surface area contributed by atoms with E-state index < -0.39 is 0 Å². The van der Waals surface area contributed by atoms with Crippen LogP contribution >= 0.6 is 0 Å². The van der Waals surface area contributed by atoms with E-state index in [0.717, 1.165) is 13.0 Å². The number of hydrogen-bond acceptors (Lipinski definition) is 3. The molecule has 0 radical (unpaired) electrons. The van der Waals surface area contributed by atoms with Crippen LogP contribution in [-0.4, -0.2) is 40.2 Å². The molecule has 2 heterocycles. The summed E-state index contributed by atoms with van der Waals surface area (Å²) in [5, 5.41) is 7.72. The number of rotatable bonds is 3. The fraction of sp³-hybridized carbons (Fsp3) is 0.667. The number of amides is 1. The van der Waals surface area contributed by atoms with Crippen LogP contribution in [0, 0.1) is 0 Å². The Bertz CT molecular complexity index is 401. The maximum absolute atomic E-state index is 11.4. The van der Waals surface area contributed by atoms with Gasteiger partial charge in [0.1, 0.15) is 0 Å². The molecular weight excluding hydrogens is 216 g/mol. The number of carbonyl (C=O) groups excluding carboxylic acids is 1. The number of likely N-dealkylation sites (N-methyl/N-ethyl adjacent to an activating group) is 1. The van der Waals surface area contributed by atoms with Crippen molar-refractivity contribution in [1.29, 1.82) is 0 Å². The van der Waals surface area contributed by atoms with Crippen molar-refractivity contribution in [3.05, 3.63) is 18.0 Å². The Morgan fingerprint density at radius 3 is 2.88 bits per heavy atom. The molecule has 2 atom stereocenters. The first kappa shape index (κ1) is 12.1. The van der Waals surface area contributed by atoms with Crippen LogP contribution in [0.1, 0.15) is 31.4 Å². The van der Waals surface area contributed by atoms with Gasteiger partial charge in [-0.05, 0) is 13.3 Å². The summed E-state index contributed by atoms with van der Waals surface area (Å²) in [5.74, 6) is 0.247. The monoisotopic (exact) mass is 236 g/mol. The average Bonchev–Trinajstić information content (AvgIpc) is 2.70. The molecule has 2 unspecified atom stereocenters. The summed E-state index contributed by atoms with van der Waals surface area (Å²) in [4.78, 5) is 13.2. The van der Waals surface area contributed by atoms with Crippen LogP contribution in [0.5, 0.6) is 0 Å². The number of hydrogen-bond donors (Lipinski definition) is 1. The summed E-state index contributed by atoms with van der Waals surface area (Å²) in [5.41, 5.74) is 1.19. The van der Waals surface area contributed by atoms with Crippen molar-refractivity contribution in [2.45, 2.75) is 31.8 Å². The van der Waals surface area contributed by atoms with E-state index in [1.165, 1.54) is 5.56 Å². The summed E-state index contributed by atoms with van der Waals surface area (Å²) in [6.07, 6.45) is 5.48. The summed E-state index contributed by atoms with van der Waals surface area (Å²) in [7, 11) is 3.79. The number of nitrogens with zero attached hydrogens (tertiary/aromatic N) is 3. The van der Waals surface area contributed by atoms with Crippen molar-refractivity contribution in [1.82, 2.24) is 20.0 Å². The number of nitrogens with one attached hydrogen (secondary N) is 1. The third-order valence-corrected chi connectivity index (χ3v) is 3.34. The predicted octanol–water partition coefficient (Wildman–Crippen LogP) is 0.691. The third kappa shape index (κ3) is 2.85. The van der Waals surface area contributed by atoms with E-state index in [9.17, 15) is 4.79 Å². The Morgan fingerprint density at radius 1 is 1.53 bits per heavy atom. The minimum absolute atomic E-state index is 0.247. The van der Waals surface area contributed by atoms with Gasteiger partial charge in [-0.25, -0.2) is 0 Å². The second-order valence-corrected chi connectivity index (χ2v) is 4.85. The molecule has 0 saturated carbocycles. The van der Waals surface area contributed by atoms with Crippen LogP contribution in [0.4, 0.5) is 0 Å². The molecule has 1 aliphatic heterocycles. The van der Waals surface area contributed by atoms with Gasteiger partial charge in [0.25, 0.3) is 0 Å². The standard InChI is InChI=1S/C12H20N4O/c1-9(10-6-13-16(3)7-10)14-11-4-5-12(17)15(2)8-11/h6-7,9,11,14H,4-5,8H2,1-3H3. The lowest BCUT2D eigenvalue weighted by Crippen LogP contribution is -2.47. The van der Waals surface area contributed by atoms with Crippen LogP contribution in [0.25, 0.3) is 0 Å². The fourth-order valence-electron chi connectivity index (χ4n) is 2.26. The first-order valence-electron chi connectivity index (χ1n) is 6.05. The lowest BCUT2D eigenvalue weighted by Gasteiger charge is -2.32. The van der Waals surface area contributed by atoms with Gasteiger partial charge in [-0.15, -0.1) is 0 Å². The highest BCUT2D eigenvalue weighted by Gasteiger charge is 2.24. The SMILES string of the molecule is CC(NC1CCC(=O)N(C)C1)c1cnn(C)c1. The number of likely N-dealkylation sites (tertiary alicyclic amines) is 1. The Kier molecular flexibility index (Phi) is 3.47. The first-order valence-corrected chi connectivity index (χ1v) is 6.05. The quantitative estimate of drug-likeness (QED) is 0.840. The first-order chi connectivity index (χ1) is 8.06. The van der Waals surface area contributed by atoms with Crippen molar-refractivity contribution in [2.75, 3.05) is 13.6 Å². The largest absolute Gasteiger partial charge is 0.344 e. The normalized spacial score (nSPS) is 22.9. The van der Waals surface area contributed by atoms with Crippen LogP contribution in [-0.2, 0) is 11.8 Å². The molecule has 1 saturated heterocycles. The molecule has 1 aromatic rings. The van der Waals surface area contributed by atoms with Gasteiger partial charge in [0.05, 0.1) is 6.20 Å². The molecule has 0 aromatic carbocycles. The molecule has 1 fully saturated rings. The lowest BCUT2D eigenvalue weighted by atomic mass is 10.0. The minimum Gasteiger partial charge on any atom is -0.344 e. The molecule has 2 rings (SSSR count). The van der Waals surface area contributed by atoms with Crippen LogP contribution < -0.4 is 5.32 Å². The zero-order chi connectivity index (χ0) is 12.4. The second-order valence-electron chi connectivity index (χ2n) is 4.85. The smallest absolute Gasteiger partial charge is 0.222 e. The number of aryl methyl sites for hydroxylation is 1. The van der Waals surface area contributed by atoms with Crippen molar-refractivity contribution in [3.63, 3.8) is 0 Å². The summed E-state index contributed by atoms with van der Waals surface area (Å²) in [6.45, 7) is 2.93. The van der Waals surface area contributed by atoms with Gasteiger partial charge in [-0.1, -0.05) is 0 Å². The van der Waals surface area contributed by atoms with E-state index in [0.29, 0.717) is 12.5 Å². The number of aromatic nitrogens is 2. The van der Waals surface area contributed by atoms with E-state index in [4.69, 9.17) is 0 Å². The molecule has 17 heavy (non-hydrogen) atoms. The highest BCUT2D eigenvalue weighted by Crippen LogP contribution is 2.16. The van der Waals surface area contributed by atoms with Gasteiger partial charge in [0.2, 0.25) is 5.91 Å². The molecule has 5 nitrogen and oxygen atoms in total. The minimum atomic E-state index is 0.247. The molecular formula is C12H20N4O. The van der Waals surface area contributed by atoms with Crippen molar-refractivity contribution < 1.29 is 4.79 Å². The van der Waals surface area contributed by atoms with Crippen molar-refractivity contribution in [2.24, 2.45) is 7.05 Å². The second kappa shape index (κ2) is 4.87.